The Morgan fingerprint density at radius 2 is 1.96 bits per heavy atom. The molecule has 1 aliphatic heterocycles. The maximum Gasteiger partial charge on any atom is 0.193 e. The quantitative estimate of drug-likeness (QED) is 0.407. The molecule has 0 aromatic heterocycles. The Morgan fingerprint density at radius 3 is 2.60 bits per heavy atom. The van der Waals surface area contributed by atoms with Gasteiger partial charge in [-0.25, -0.2) is 0 Å². The first-order valence-corrected chi connectivity index (χ1v) is 9.06. The minimum absolute atomic E-state index is 0. The predicted molar refractivity (Wildman–Crippen MR) is 113 cm³/mol. The minimum Gasteiger partial charge on any atom is -0.370 e. The molecular formula is C19H30IN3O2. The lowest BCUT2D eigenvalue weighted by molar-refractivity contribution is -0.190. The van der Waals surface area contributed by atoms with Crippen molar-refractivity contribution in [3.8, 4) is 0 Å². The Bertz CT molecular complexity index is 569. The van der Waals surface area contributed by atoms with E-state index in [1.54, 1.807) is 0 Å². The third-order valence-corrected chi connectivity index (χ3v) is 5.05. The number of halogens is 1. The molecule has 1 saturated heterocycles. The lowest BCUT2D eigenvalue weighted by Crippen LogP contribution is -2.35. The number of hydrogen-bond donors (Lipinski definition) is 2. The van der Waals surface area contributed by atoms with Crippen molar-refractivity contribution in [2.75, 3.05) is 18.5 Å². The molecule has 1 atom stereocenters. The molecule has 25 heavy (non-hydrogen) atoms. The van der Waals surface area contributed by atoms with Gasteiger partial charge in [-0.15, -0.1) is 24.0 Å². The van der Waals surface area contributed by atoms with Gasteiger partial charge in [-0.1, -0.05) is 26.0 Å². The molecule has 140 valence electrons. The van der Waals surface area contributed by atoms with Gasteiger partial charge in [0.2, 0.25) is 0 Å². The lowest BCUT2D eigenvalue weighted by atomic mass is 9.86. The van der Waals surface area contributed by atoms with E-state index in [1.165, 1.54) is 18.4 Å². The highest BCUT2D eigenvalue weighted by Gasteiger charge is 2.43. The maximum atomic E-state index is 6.16. The molecule has 6 heteroatoms. The summed E-state index contributed by atoms with van der Waals surface area (Å²) in [5, 5.41) is 3.13. The first kappa shape index (κ1) is 20.5. The zero-order valence-corrected chi connectivity index (χ0v) is 17.5. The number of aryl methyl sites for hydroxylation is 1. The summed E-state index contributed by atoms with van der Waals surface area (Å²) in [4.78, 5) is 4.42. The summed E-state index contributed by atoms with van der Waals surface area (Å²) < 4.78 is 12.1. The van der Waals surface area contributed by atoms with Crippen molar-refractivity contribution in [1.29, 1.82) is 0 Å². The van der Waals surface area contributed by atoms with Gasteiger partial charge in [-0.05, 0) is 42.9 Å². The molecule has 1 aliphatic carbocycles. The van der Waals surface area contributed by atoms with Gasteiger partial charge < -0.3 is 20.5 Å². The van der Waals surface area contributed by atoms with E-state index in [-0.39, 0.29) is 35.9 Å². The zero-order chi connectivity index (χ0) is 17.0. The topological polar surface area (TPSA) is 68.9 Å². The van der Waals surface area contributed by atoms with Gasteiger partial charge in [-0.3, -0.25) is 4.99 Å². The largest absolute Gasteiger partial charge is 0.370 e. The van der Waals surface area contributed by atoms with Gasteiger partial charge >= 0.3 is 0 Å². The molecule has 2 aliphatic rings. The maximum absolute atomic E-state index is 6.16. The molecule has 1 saturated carbocycles. The second-order valence-corrected chi connectivity index (χ2v) is 7.05. The third-order valence-electron chi connectivity index (χ3n) is 5.05. The second-order valence-electron chi connectivity index (χ2n) is 7.05. The lowest BCUT2D eigenvalue weighted by Gasteiger charge is -2.34. The summed E-state index contributed by atoms with van der Waals surface area (Å²) >= 11 is 0. The number of nitrogens with one attached hydrogen (secondary N) is 1. The van der Waals surface area contributed by atoms with E-state index in [9.17, 15) is 0 Å². The molecule has 3 N–H and O–H groups in total. The fourth-order valence-corrected chi connectivity index (χ4v) is 3.38. The van der Waals surface area contributed by atoms with E-state index in [1.807, 2.05) is 12.1 Å². The van der Waals surface area contributed by atoms with E-state index >= 15 is 0 Å². The van der Waals surface area contributed by atoms with Crippen molar-refractivity contribution >= 4 is 35.6 Å². The van der Waals surface area contributed by atoms with E-state index in [0.29, 0.717) is 19.1 Å². The Morgan fingerprint density at radius 1 is 1.28 bits per heavy atom. The van der Waals surface area contributed by atoms with Crippen LogP contribution in [-0.2, 0) is 15.9 Å². The minimum atomic E-state index is -0.356. The first-order chi connectivity index (χ1) is 11.6. The second kappa shape index (κ2) is 9.19. The molecule has 3 rings (SSSR count). The number of hydrogen-bond acceptors (Lipinski definition) is 3. The summed E-state index contributed by atoms with van der Waals surface area (Å²) in [5.74, 6) is 0.838. The number of rotatable bonds is 4. The molecule has 1 heterocycles. The number of nitrogens with two attached hydrogens (primary N) is 1. The van der Waals surface area contributed by atoms with E-state index in [4.69, 9.17) is 15.2 Å². The standard InChI is InChI=1S/C19H29N3O2.HI/c1-3-15-4-6-16(7-5-15)22-18(20)21-12-17-13-23-19(24-17)10-8-14(2)9-11-19;/h4-7,14,17H,3,8-13H2,1-2H3,(H3,20,21,22);1H. The Hall–Kier alpha value is -0.860. The average Bonchev–Trinajstić information content (AvgIpc) is 3.00. The highest BCUT2D eigenvalue weighted by atomic mass is 127. The molecule has 0 bridgehead atoms. The molecule has 1 spiro atoms. The van der Waals surface area contributed by atoms with Gasteiger partial charge in [0.1, 0.15) is 6.10 Å². The van der Waals surface area contributed by atoms with Crippen LogP contribution < -0.4 is 11.1 Å². The van der Waals surface area contributed by atoms with Crippen LogP contribution in [0, 0.1) is 5.92 Å². The Labute approximate surface area is 167 Å². The normalized spacial score (nSPS) is 29.4. The van der Waals surface area contributed by atoms with Crippen molar-refractivity contribution in [1.82, 2.24) is 0 Å². The predicted octanol–water partition coefficient (Wildman–Crippen LogP) is 3.92. The van der Waals surface area contributed by atoms with Gasteiger partial charge in [0, 0.05) is 18.5 Å². The van der Waals surface area contributed by atoms with E-state index in [0.717, 1.165) is 30.9 Å². The van der Waals surface area contributed by atoms with E-state index < -0.39 is 0 Å². The molecule has 1 unspecified atom stereocenters. The highest BCUT2D eigenvalue weighted by molar-refractivity contribution is 14.0. The number of nitrogens with zero attached hydrogens (tertiary/aromatic N) is 1. The van der Waals surface area contributed by atoms with E-state index in [2.05, 4.69) is 36.3 Å². The van der Waals surface area contributed by atoms with Crippen LogP contribution >= 0.6 is 24.0 Å². The number of anilines is 1. The average molecular weight is 459 g/mol. The molecular weight excluding hydrogens is 429 g/mol. The molecule has 5 nitrogen and oxygen atoms in total. The summed E-state index contributed by atoms with van der Waals surface area (Å²) in [6.07, 6.45) is 5.36. The summed E-state index contributed by atoms with van der Waals surface area (Å²) in [5.41, 5.74) is 8.24. The van der Waals surface area contributed by atoms with Crippen LogP contribution in [-0.4, -0.2) is 31.0 Å². The van der Waals surface area contributed by atoms with Gasteiger partial charge in [-0.2, -0.15) is 0 Å². The van der Waals surface area contributed by atoms with Gasteiger partial charge in [0.05, 0.1) is 13.2 Å². The molecule has 1 aromatic rings. The van der Waals surface area contributed by atoms with Gasteiger partial charge in [0.25, 0.3) is 0 Å². The van der Waals surface area contributed by atoms with Crippen LogP contribution in [0.25, 0.3) is 0 Å². The van der Waals surface area contributed by atoms with Crippen LogP contribution in [0.15, 0.2) is 29.3 Å². The molecule has 0 radical (unpaired) electrons. The van der Waals surface area contributed by atoms with Crippen molar-refractivity contribution in [2.45, 2.75) is 57.8 Å². The fraction of sp³-hybridized carbons (Fsp3) is 0.632. The van der Waals surface area contributed by atoms with Crippen LogP contribution in [0.5, 0.6) is 0 Å². The van der Waals surface area contributed by atoms with Crippen LogP contribution in [0.4, 0.5) is 5.69 Å². The number of aliphatic imine (C=N–C) groups is 1. The number of ether oxygens (including phenoxy) is 2. The molecule has 0 amide bonds. The third kappa shape index (κ3) is 5.56. The van der Waals surface area contributed by atoms with Crippen LogP contribution in [0.1, 0.15) is 45.1 Å². The fourth-order valence-electron chi connectivity index (χ4n) is 3.38. The summed E-state index contributed by atoms with van der Waals surface area (Å²) in [6, 6.07) is 8.23. The van der Waals surface area contributed by atoms with Crippen molar-refractivity contribution in [3.05, 3.63) is 29.8 Å². The first-order valence-electron chi connectivity index (χ1n) is 9.06. The zero-order valence-electron chi connectivity index (χ0n) is 15.2. The number of guanidine groups is 1. The van der Waals surface area contributed by atoms with Crippen LogP contribution in [0.3, 0.4) is 0 Å². The van der Waals surface area contributed by atoms with Crippen molar-refractivity contribution < 1.29 is 9.47 Å². The van der Waals surface area contributed by atoms with Crippen molar-refractivity contribution in [3.63, 3.8) is 0 Å². The van der Waals surface area contributed by atoms with Crippen LogP contribution in [0.2, 0.25) is 0 Å². The highest BCUT2D eigenvalue weighted by Crippen LogP contribution is 2.39. The smallest absolute Gasteiger partial charge is 0.193 e. The monoisotopic (exact) mass is 459 g/mol. The Balaban J connectivity index is 0.00000225. The van der Waals surface area contributed by atoms with Gasteiger partial charge in [0.15, 0.2) is 11.7 Å². The summed E-state index contributed by atoms with van der Waals surface area (Å²) in [6.45, 7) is 5.57. The summed E-state index contributed by atoms with van der Waals surface area (Å²) in [7, 11) is 0. The molecule has 1 aromatic carbocycles. The SMILES string of the molecule is CCc1ccc(NC(N)=NCC2COC3(CCC(C)CC3)O2)cc1.I. The van der Waals surface area contributed by atoms with Crippen molar-refractivity contribution in [2.24, 2.45) is 16.6 Å². The number of benzene rings is 1. The Kier molecular flexibility index (Phi) is 7.51. The molecule has 2 fully saturated rings.